The van der Waals surface area contributed by atoms with Crippen molar-refractivity contribution in [2.75, 3.05) is 19.7 Å². The Morgan fingerprint density at radius 1 is 1.64 bits per heavy atom. The highest BCUT2D eigenvalue weighted by Gasteiger charge is 2.39. The molecule has 0 heterocycles. The predicted molar refractivity (Wildman–Crippen MR) is 52.5 cm³/mol. The van der Waals surface area contributed by atoms with Crippen molar-refractivity contribution in [3.63, 3.8) is 0 Å². The van der Waals surface area contributed by atoms with Crippen LogP contribution >= 0.6 is 15.9 Å². The van der Waals surface area contributed by atoms with Crippen molar-refractivity contribution in [3.8, 4) is 0 Å². The molecule has 0 aliphatic rings. The van der Waals surface area contributed by atoms with E-state index in [1.807, 2.05) is 0 Å². The monoisotopic (exact) mass is 271 g/mol. The standard InChI is InChI=1S/C8H12BrF2NO2/c1-3-14-7(13)8(10,11)5-12-4-6(2)9/h12H,2-5H2,1H3. The Morgan fingerprint density at radius 2 is 2.21 bits per heavy atom. The minimum atomic E-state index is -3.49. The summed E-state index contributed by atoms with van der Waals surface area (Å²) < 4.78 is 30.5. The zero-order chi connectivity index (χ0) is 11.2. The lowest BCUT2D eigenvalue weighted by molar-refractivity contribution is -0.170. The van der Waals surface area contributed by atoms with Crippen molar-refractivity contribution in [2.24, 2.45) is 0 Å². The molecule has 0 saturated heterocycles. The average molecular weight is 272 g/mol. The molecule has 0 unspecified atom stereocenters. The summed E-state index contributed by atoms with van der Waals surface area (Å²) in [7, 11) is 0. The Kier molecular flexibility index (Phi) is 5.87. The largest absolute Gasteiger partial charge is 0.462 e. The van der Waals surface area contributed by atoms with Crippen LogP contribution in [0.1, 0.15) is 6.92 Å². The van der Waals surface area contributed by atoms with Crippen LogP contribution in [0.3, 0.4) is 0 Å². The zero-order valence-electron chi connectivity index (χ0n) is 7.78. The van der Waals surface area contributed by atoms with Gasteiger partial charge in [-0.15, -0.1) is 0 Å². The molecule has 0 amide bonds. The second-order valence-corrected chi connectivity index (χ2v) is 3.67. The first-order valence-corrected chi connectivity index (χ1v) is 4.78. The van der Waals surface area contributed by atoms with E-state index >= 15 is 0 Å². The molecule has 0 aromatic carbocycles. The van der Waals surface area contributed by atoms with E-state index < -0.39 is 18.4 Å². The van der Waals surface area contributed by atoms with E-state index in [9.17, 15) is 13.6 Å². The molecule has 0 saturated carbocycles. The molecular formula is C8H12BrF2NO2. The summed E-state index contributed by atoms with van der Waals surface area (Å²) >= 11 is 2.99. The first-order valence-electron chi connectivity index (χ1n) is 3.99. The van der Waals surface area contributed by atoms with E-state index in [0.29, 0.717) is 4.48 Å². The Bertz CT molecular complexity index is 221. The van der Waals surface area contributed by atoms with E-state index in [-0.39, 0.29) is 13.2 Å². The molecular weight excluding hydrogens is 260 g/mol. The molecule has 0 aliphatic heterocycles. The molecule has 0 aliphatic carbocycles. The summed E-state index contributed by atoms with van der Waals surface area (Å²) in [6.45, 7) is 4.29. The molecule has 0 aromatic rings. The molecule has 1 N–H and O–H groups in total. The van der Waals surface area contributed by atoms with Gasteiger partial charge in [0.2, 0.25) is 0 Å². The third-order valence-corrected chi connectivity index (χ3v) is 1.52. The van der Waals surface area contributed by atoms with Crippen molar-refractivity contribution in [1.82, 2.24) is 5.32 Å². The number of carbonyl (C=O) groups excluding carboxylic acids is 1. The second-order valence-electron chi connectivity index (χ2n) is 2.55. The first kappa shape index (κ1) is 13.5. The van der Waals surface area contributed by atoms with E-state index in [2.05, 4.69) is 32.6 Å². The van der Waals surface area contributed by atoms with Crippen molar-refractivity contribution in [3.05, 3.63) is 11.1 Å². The van der Waals surface area contributed by atoms with Gasteiger partial charge in [0.1, 0.15) is 0 Å². The fourth-order valence-electron chi connectivity index (χ4n) is 0.664. The topological polar surface area (TPSA) is 38.3 Å². The van der Waals surface area contributed by atoms with Crippen molar-refractivity contribution >= 4 is 21.9 Å². The van der Waals surface area contributed by atoms with Crippen LogP contribution in [0.25, 0.3) is 0 Å². The van der Waals surface area contributed by atoms with Crippen LogP contribution in [0.4, 0.5) is 8.78 Å². The fraction of sp³-hybridized carbons (Fsp3) is 0.625. The number of esters is 1. The van der Waals surface area contributed by atoms with Gasteiger partial charge in [-0.3, -0.25) is 0 Å². The summed E-state index contributed by atoms with van der Waals surface area (Å²) in [5, 5.41) is 2.37. The fourth-order valence-corrected chi connectivity index (χ4v) is 0.862. The number of nitrogens with one attached hydrogen (secondary N) is 1. The molecule has 0 atom stereocenters. The predicted octanol–water partition coefficient (Wildman–Crippen LogP) is 1.68. The molecule has 0 bridgehead atoms. The second kappa shape index (κ2) is 6.08. The number of hydrogen-bond acceptors (Lipinski definition) is 3. The highest BCUT2D eigenvalue weighted by molar-refractivity contribution is 9.11. The van der Waals surface area contributed by atoms with E-state index in [4.69, 9.17) is 0 Å². The molecule has 0 radical (unpaired) electrons. The molecule has 0 fully saturated rings. The van der Waals surface area contributed by atoms with E-state index in [1.165, 1.54) is 6.92 Å². The third-order valence-electron chi connectivity index (χ3n) is 1.24. The SMILES string of the molecule is C=C(Br)CNCC(F)(F)C(=O)OCC. The van der Waals surface area contributed by atoms with Gasteiger partial charge >= 0.3 is 11.9 Å². The van der Waals surface area contributed by atoms with Crippen LogP contribution in [-0.4, -0.2) is 31.6 Å². The third kappa shape index (κ3) is 5.29. The number of ether oxygens (including phenoxy) is 1. The molecule has 3 nitrogen and oxygen atoms in total. The van der Waals surface area contributed by atoms with Gasteiger partial charge in [0.05, 0.1) is 13.2 Å². The molecule has 0 aromatic heterocycles. The van der Waals surface area contributed by atoms with Crippen molar-refractivity contribution in [1.29, 1.82) is 0 Å². The van der Waals surface area contributed by atoms with Gasteiger partial charge in [-0.25, -0.2) is 4.79 Å². The minimum absolute atomic E-state index is 0.0560. The average Bonchev–Trinajstić information content (AvgIpc) is 2.03. The zero-order valence-corrected chi connectivity index (χ0v) is 9.36. The normalized spacial score (nSPS) is 11.1. The summed E-state index contributed by atoms with van der Waals surface area (Å²) in [5.41, 5.74) is 0. The number of halogens is 3. The summed E-state index contributed by atoms with van der Waals surface area (Å²) in [4.78, 5) is 10.7. The highest BCUT2D eigenvalue weighted by Crippen LogP contribution is 2.14. The Morgan fingerprint density at radius 3 is 2.64 bits per heavy atom. The van der Waals surface area contributed by atoms with Crippen molar-refractivity contribution < 1.29 is 18.3 Å². The van der Waals surface area contributed by atoms with Crippen LogP contribution < -0.4 is 5.32 Å². The smallest absolute Gasteiger partial charge is 0.378 e. The lowest BCUT2D eigenvalue weighted by atomic mass is 10.3. The number of carbonyl (C=O) groups is 1. The molecule has 6 heteroatoms. The van der Waals surface area contributed by atoms with E-state index in [1.54, 1.807) is 0 Å². The lowest BCUT2D eigenvalue weighted by Crippen LogP contribution is -2.41. The van der Waals surface area contributed by atoms with Gasteiger partial charge in [-0.1, -0.05) is 22.5 Å². The van der Waals surface area contributed by atoms with Crippen LogP contribution in [0.5, 0.6) is 0 Å². The van der Waals surface area contributed by atoms with Gasteiger partial charge in [0.25, 0.3) is 0 Å². The Balaban J connectivity index is 3.93. The quantitative estimate of drug-likeness (QED) is 0.748. The Hall–Kier alpha value is -0.490. The minimum Gasteiger partial charge on any atom is -0.462 e. The first-order chi connectivity index (χ1) is 6.40. The van der Waals surface area contributed by atoms with Crippen LogP contribution in [0.2, 0.25) is 0 Å². The van der Waals surface area contributed by atoms with Gasteiger partial charge in [-0.05, 0) is 6.92 Å². The van der Waals surface area contributed by atoms with E-state index in [0.717, 1.165) is 0 Å². The summed E-state index contributed by atoms with van der Waals surface area (Å²) in [5.74, 6) is -4.99. The number of rotatable bonds is 6. The molecule has 14 heavy (non-hydrogen) atoms. The number of alkyl halides is 2. The maximum Gasteiger partial charge on any atom is 0.378 e. The molecule has 82 valence electrons. The van der Waals surface area contributed by atoms with Gasteiger partial charge < -0.3 is 10.1 Å². The summed E-state index contributed by atoms with van der Waals surface area (Å²) in [6.07, 6.45) is 0. The van der Waals surface area contributed by atoms with Crippen molar-refractivity contribution in [2.45, 2.75) is 12.8 Å². The van der Waals surface area contributed by atoms with Gasteiger partial charge in [0, 0.05) is 11.0 Å². The van der Waals surface area contributed by atoms with Crippen LogP contribution in [-0.2, 0) is 9.53 Å². The maximum atomic E-state index is 12.9. The number of hydrogen-bond donors (Lipinski definition) is 1. The Labute approximate surface area is 89.6 Å². The lowest BCUT2D eigenvalue weighted by Gasteiger charge is -2.14. The maximum absolute atomic E-state index is 12.9. The molecule has 0 spiro atoms. The molecule has 0 rings (SSSR count). The highest BCUT2D eigenvalue weighted by atomic mass is 79.9. The van der Waals surface area contributed by atoms with Gasteiger partial charge in [0.15, 0.2) is 0 Å². The van der Waals surface area contributed by atoms with Crippen LogP contribution in [0, 0.1) is 0 Å². The van der Waals surface area contributed by atoms with Gasteiger partial charge in [-0.2, -0.15) is 8.78 Å². The van der Waals surface area contributed by atoms with Crippen LogP contribution in [0.15, 0.2) is 11.1 Å². The summed E-state index contributed by atoms with van der Waals surface area (Å²) in [6, 6.07) is 0.